The molecule has 1 N–H and O–H groups in total. The highest BCUT2D eigenvalue weighted by molar-refractivity contribution is 7.81. The van der Waals surface area contributed by atoms with E-state index in [1.807, 2.05) is 0 Å². The van der Waals surface area contributed by atoms with Gasteiger partial charge in [0.15, 0.2) is 0 Å². The van der Waals surface area contributed by atoms with Gasteiger partial charge >= 0.3 is 5.97 Å². The van der Waals surface area contributed by atoms with Gasteiger partial charge < -0.3 is 5.11 Å². The zero-order valence-corrected chi connectivity index (χ0v) is 6.51. The largest absolute Gasteiger partial charge is 0.394 e. The van der Waals surface area contributed by atoms with E-state index >= 15 is 0 Å². The maximum Gasteiger partial charge on any atom is 0.351 e. The summed E-state index contributed by atoms with van der Waals surface area (Å²) in [4.78, 5) is 18.9. The number of thiol groups is 1. The number of rotatable bonds is 4. The Morgan fingerprint density at radius 2 is 2.40 bits per heavy atom. The highest BCUT2D eigenvalue weighted by atomic mass is 32.1. The Bertz CT molecular complexity index is 106. The molecule has 0 heterocycles. The van der Waals surface area contributed by atoms with E-state index in [2.05, 4.69) is 22.4 Å². The third kappa shape index (κ3) is 4.60. The van der Waals surface area contributed by atoms with Crippen molar-refractivity contribution in [1.82, 2.24) is 0 Å². The van der Waals surface area contributed by atoms with Crippen LogP contribution in [0.2, 0.25) is 0 Å². The van der Waals surface area contributed by atoms with Gasteiger partial charge in [0.2, 0.25) is 0 Å². The van der Waals surface area contributed by atoms with Crippen molar-refractivity contribution in [1.29, 1.82) is 0 Å². The molecule has 0 aromatic carbocycles. The van der Waals surface area contributed by atoms with Gasteiger partial charge in [-0.1, -0.05) is 0 Å². The summed E-state index contributed by atoms with van der Waals surface area (Å²) in [6.07, 6.45) is -0.483. The van der Waals surface area contributed by atoms with Crippen LogP contribution >= 0.6 is 12.6 Å². The monoisotopic (exact) mass is 166 g/mol. The van der Waals surface area contributed by atoms with Crippen molar-refractivity contribution in [3.63, 3.8) is 0 Å². The third-order valence-corrected chi connectivity index (χ3v) is 0.950. The second-order valence-corrected chi connectivity index (χ2v) is 2.02. The van der Waals surface area contributed by atoms with Crippen molar-refractivity contribution in [2.75, 3.05) is 12.4 Å². The van der Waals surface area contributed by atoms with E-state index in [0.29, 0.717) is 0 Å². The second kappa shape index (κ2) is 5.52. The van der Waals surface area contributed by atoms with Gasteiger partial charge in [-0.3, -0.25) is 4.89 Å². The molecule has 1 unspecified atom stereocenters. The SMILES string of the molecule is CC(CO)OOC(=O)CS. The number of hydrogen-bond acceptors (Lipinski definition) is 5. The first-order valence-corrected chi connectivity index (χ1v) is 3.41. The average Bonchev–Trinajstić information content (AvgIpc) is 1.99. The van der Waals surface area contributed by atoms with E-state index in [1.165, 1.54) is 0 Å². The van der Waals surface area contributed by atoms with E-state index in [-0.39, 0.29) is 12.4 Å². The quantitative estimate of drug-likeness (QED) is 0.344. The molecule has 0 saturated heterocycles. The van der Waals surface area contributed by atoms with Crippen molar-refractivity contribution in [3.8, 4) is 0 Å². The molecule has 0 fully saturated rings. The molecule has 5 heteroatoms. The molecule has 60 valence electrons. The average molecular weight is 166 g/mol. The van der Waals surface area contributed by atoms with Crippen LogP contribution in [0.1, 0.15) is 6.92 Å². The molecule has 0 bridgehead atoms. The van der Waals surface area contributed by atoms with Crippen molar-refractivity contribution in [3.05, 3.63) is 0 Å². The van der Waals surface area contributed by atoms with Crippen LogP contribution in [0.4, 0.5) is 0 Å². The number of hydrogen-bond donors (Lipinski definition) is 2. The van der Waals surface area contributed by atoms with Crippen molar-refractivity contribution >= 4 is 18.6 Å². The van der Waals surface area contributed by atoms with Crippen LogP contribution in [0.15, 0.2) is 0 Å². The summed E-state index contributed by atoms with van der Waals surface area (Å²) in [7, 11) is 0. The van der Waals surface area contributed by atoms with E-state index in [1.54, 1.807) is 6.92 Å². The molecule has 1 atom stereocenters. The summed E-state index contributed by atoms with van der Waals surface area (Å²) in [5.74, 6) is -0.596. The lowest BCUT2D eigenvalue weighted by Crippen LogP contribution is -2.17. The molecular weight excluding hydrogens is 156 g/mol. The summed E-state index contributed by atoms with van der Waals surface area (Å²) in [5, 5.41) is 8.38. The van der Waals surface area contributed by atoms with Crippen LogP contribution in [-0.2, 0) is 14.6 Å². The Kier molecular flexibility index (Phi) is 5.38. The van der Waals surface area contributed by atoms with Crippen molar-refractivity contribution in [2.45, 2.75) is 13.0 Å². The van der Waals surface area contributed by atoms with Gasteiger partial charge in [0.1, 0.15) is 6.10 Å². The summed E-state index contributed by atoms with van der Waals surface area (Å²) in [5.41, 5.74) is 0. The number of carbonyl (C=O) groups is 1. The van der Waals surface area contributed by atoms with Crippen LogP contribution in [0.3, 0.4) is 0 Å². The molecule has 0 saturated carbocycles. The molecule has 0 aliphatic rings. The number of aliphatic hydroxyl groups is 1. The van der Waals surface area contributed by atoms with E-state index < -0.39 is 12.1 Å². The van der Waals surface area contributed by atoms with Gasteiger partial charge in [0.05, 0.1) is 12.4 Å². The normalized spacial score (nSPS) is 12.7. The highest BCUT2D eigenvalue weighted by Crippen LogP contribution is 1.91. The second-order valence-electron chi connectivity index (χ2n) is 1.70. The topological polar surface area (TPSA) is 55.8 Å². The third-order valence-electron chi connectivity index (χ3n) is 0.692. The molecule has 0 amide bonds. The summed E-state index contributed by atoms with van der Waals surface area (Å²) in [6, 6.07) is 0. The Morgan fingerprint density at radius 3 is 2.80 bits per heavy atom. The summed E-state index contributed by atoms with van der Waals surface area (Å²) in [6.45, 7) is 1.39. The smallest absolute Gasteiger partial charge is 0.351 e. The van der Waals surface area contributed by atoms with Crippen LogP contribution in [0, 0.1) is 0 Å². The fourth-order valence-electron chi connectivity index (χ4n) is 0.193. The highest BCUT2D eigenvalue weighted by Gasteiger charge is 2.04. The zero-order valence-electron chi connectivity index (χ0n) is 5.61. The lowest BCUT2D eigenvalue weighted by Gasteiger charge is -2.06. The maximum absolute atomic E-state index is 10.3. The van der Waals surface area contributed by atoms with Gasteiger partial charge in [-0.15, -0.1) is 0 Å². The van der Waals surface area contributed by atoms with Crippen molar-refractivity contribution in [2.24, 2.45) is 0 Å². The molecule has 0 aromatic heterocycles. The van der Waals surface area contributed by atoms with Gasteiger partial charge in [0, 0.05) is 0 Å². The first kappa shape index (κ1) is 9.74. The molecule has 0 spiro atoms. The molecule has 0 aliphatic heterocycles. The minimum Gasteiger partial charge on any atom is -0.394 e. The van der Waals surface area contributed by atoms with Gasteiger partial charge in [0.25, 0.3) is 0 Å². The van der Waals surface area contributed by atoms with E-state index in [0.717, 1.165) is 0 Å². The van der Waals surface area contributed by atoms with E-state index in [9.17, 15) is 4.79 Å². The summed E-state index contributed by atoms with van der Waals surface area (Å²) >= 11 is 3.63. The van der Waals surface area contributed by atoms with Crippen LogP contribution in [0.25, 0.3) is 0 Å². The number of carbonyl (C=O) groups excluding carboxylic acids is 1. The minimum atomic E-state index is -0.566. The maximum atomic E-state index is 10.3. The number of aliphatic hydroxyl groups excluding tert-OH is 1. The predicted octanol–water partition coefficient (Wildman–Crippen LogP) is -0.228. The van der Waals surface area contributed by atoms with Gasteiger partial charge in [-0.05, 0) is 6.92 Å². The molecule has 0 radical (unpaired) electrons. The Hall–Kier alpha value is -0.260. The molecule has 4 nitrogen and oxygen atoms in total. The Morgan fingerprint density at radius 1 is 1.80 bits per heavy atom. The zero-order chi connectivity index (χ0) is 7.98. The first-order chi connectivity index (χ1) is 4.70. The van der Waals surface area contributed by atoms with Crippen LogP contribution in [0.5, 0.6) is 0 Å². The Balaban J connectivity index is 3.26. The summed E-state index contributed by atoms with van der Waals surface area (Å²) < 4.78 is 0. The van der Waals surface area contributed by atoms with Gasteiger partial charge in [-0.25, -0.2) is 4.79 Å². The van der Waals surface area contributed by atoms with E-state index in [4.69, 9.17) is 5.11 Å². The van der Waals surface area contributed by atoms with Gasteiger partial charge in [-0.2, -0.15) is 17.5 Å². The van der Waals surface area contributed by atoms with Crippen LogP contribution in [-0.4, -0.2) is 29.5 Å². The van der Waals surface area contributed by atoms with Crippen molar-refractivity contribution < 1.29 is 19.7 Å². The standard InChI is InChI=1S/C5H10O4S/c1-4(2-6)8-9-5(7)3-10/h4,6,10H,2-3H2,1H3. The predicted molar refractivity (Wildman–Crippen MR) is 37.6 cm³/mol. The first-order valence-electron chi connectivity index (χ1n) is 2.78. The Labute approximate surface area is 64.5 Å². The molecule has 10 heavy (non-hydrogen) atoms. The molecular formula is C5H10O4S. The van der Waals surface area contributed by atoms with Crippen LogP contribution < -0.4 is 0 Å². The molecule has 0 aliphatic carbocycles. The fourth-order valence-corrected chi connectivity index (χ4v) is 0.245. The fraction of sp³-hybridized carbons (Fsp3) is 0.800. The molecule has 0 rings (SSSR count). The molecule has 0 aromatic rings. The lowest BCUT2D eigenvalue weighted by atomic mass is 10.5. The lowest BCUT2D eigenvalue weighted by molar-refractivity contribution is -0.296. The minimum absolute atomic E-state index is 0.0296.